The Kier molecular flexibility index (Phi) is 5.29. The van der Waals surface area contributed by atoms with E-state index in [1.54, 1.807) is 20.4 Å². The highest BCUT2D eigenvalue weighted by atomic mass is 32.2. The Bertz CT molecular complexity index is 1040. The van der Waals surface area contributed by atoms with Crippen molar-refractivity contribution >= 4 is 11.8 Å². The summed E-state index contributed by atoms with van der Waals surface area (Å²) in [7, 11) is 3.28. The molecule has 0 fully saturated rings. The van der Waals surface area contributed by atoms with Gasteiger partial charge in [0.15, 0.2) is 5.16 Å². The normalized spacial score (nSPS) is 10.8. The molecule has 0 bridgehead atoms. The summed E-state index contributed by atoms with van der Waals surface area (Å²) in [5.41, 5.74) is 1.88. The molecule has 28 heavy (non-hydrogen) atoms. The van der Waals surface area contributed by atoms with Gasteiger partial charge in [-0.1, -0.05) is 16.9 Å². The van der Waals surface area contributed by atoms with Crippen LogP contribution in [0.15, 0.2) is 70.6 Å². The molecule has 0 aliphatic heterocycles. The third-order valence-electron chi connectivity index (χ3n) is 4.10. The maximum Gasteiger partial charge on any atom is 0.237 e. The summed E-state index contributed by atoms with van der Waals surface area (Å²) in [6.45, 7) is 0. The minimum absolute atomic E-state index is 0.524. The number of hydrogen-bond acceptors (Lipinski definition) is 7. The maximum atomic E-state index is 5.38. The van der Waals surface area contributed by atoms with Crippen molar-refractivity contribution in [1.82, 2.24) is 19.7 Å². The minimum atomic E-state index is 0.524. The molecule has 0 spiro atoms. The Balaban J connectivity index is 1.45. The molecular weight excluding hydrogens is 376 g/mol. The highest BCUT2D eigenvalue weighted by molar-refractivity contribution is 7.98. The lowest BCUT2D eigenvalue weighted by Gasteiger charge is -2.07. The van der Waals surface area contributed by atoms with Crippen molar-refractivity contribution in [3.05, 3.63) is 66.8 Å². The van der Waals surface area contributed by atoms with Crippen LogP contribution >= 0.6 is 11.8 Å². The summed E-state index contributed by atoms with van der Waals surface area (Å²) in [5.74, 6) is 3.22. The average molecular weight is 394 g/mol. The average Bonchev–Trinajstić information content (AvgIpc) is 3.42. The van der Waals surface area contributed by atoms with Crippen molar-refractivity contribution in [2.24, 2.45) is 0 Å². The molecule has 4 aromatic rings. The second-order valence-corrected chi connectivity index (χ2v) is 6.75. The van der Waals surface area contributed by atoms with Crippen LogP contribution in [0.4, 0.5) is 0 Å². The van der Waals surface area contributed by atoms with E-state index in [2.05, 4.69) is 15.1 Å². The van der Waals surface area contributed by atoms with Gasteiger partial charge >= 0.3 is 0 Å². The van der Waals surface area contributed by atoms with Gasteiger partial charge in [-0.3, -0.25) is 4.57 Å². The van der Waals surface area contributed by atoms with Crippen LogP contribution in [0.25, 0.3) is 17.1 Å². The highest BCUT2D eigenvalue weighted by Gasteiger charge is 2.12. The molecule has 0 N–H and O–H groups in total. The first-order valence-electron chi connectivity index (χ1n) is 8.54. The van der Waals surface area contributed by atoms with Gasteiger partial charge in [0.1, 0.15) is 11.5 Å². The van der Waals surface area contributed by atoms with Crippen molar-refractivity contribution in [2.45, 2.75) is 10.9 Å². The SMILES string of the molecule is COc1ccc(-c2noc(CSc3nccn3-c3ccc(OC)cc3)n2)cc1. The molecule has 8 heteroatoms. The third-order valence-corrected chi connectivity index (χ3v) is 5.05. The fourth-order valence-electron chi connectivity index (χ4n) is 2.63. The summed E-state index contributed by atoms with van der Waals surface area (Å²) in [6, 6.07) is 15.3. The molecular formula is C20H18N4O3S. The maximum absolute atomic E-state index is 5.38. The number of hydrogen-bond donors (Lipinski definition) is 0. The van der Waals surface area contributed by atoms with Gasteiger partial charge in [-0.05, 0) is 48.5 Å². The topological polar surface area (TPSA) is 75.2 Å². The predicted molar refractivity (Wildman–Crippen MR) is 106 cm³/mol. The fraction of sp³-hybridized carbons (Fsp3) is 0.150. The van der Waals surface area contributed by atoms with E-state index >= 15 is 0 Å². The predicted octanol–water partition coefficient (Wildman–Crippen LogP) is 4.23. The summed E-state index contributed by atoms with van der Waals surface area (Å²) >= 11 is 1.53. The Morgan fingerprint density at radius 1 is 0.964 bits per heavy atom. The molecule has 2 aromatic heterocycles. The highest BCUT2D eigenvalue weighted by Crippen LogP contribution is 2.26. The van der Waals surface area contributed by atoms with Crippen LogP contribution < -0.4 is 9.47 Å². The zero-order valence-electron chi connectivity index (χ0n) is 15.4. The van der Waals surface area contributed by atoms with Gasteiger partial charge in [-0.2, -0.15) is 4.98 Å². The van der Waals surface area contributed by atoms with E-state index in [0.29, 0.717) is 17.5 Å². The lowest BCUT2D eigenvalue weighted by Crippen LogP contribution is -1.95. The smallest absolute Gasteiger partial charge is 0.237 e. The second-order valence-electron chi connectivity index (χ2n) is 5.81. The summed E-state index contributed by atoms with van der Waals surface area (Å²) in [6.07, 6.45) is 3.68. The monoisotopic (exact) mass is 394 g/mol. The second kappa shape index (κ2) is 8.18. The first-order chi connectivity index (χ1) is 13.8. The van der Waals surface area contributed by atoms with Crippen molar-refractivity contribution in [3.8, 4) is 28.6 Å². The zero-order valence-corrected chi connectivity index (χ0v) is 16.2. The van der Waals surface area contributed by atoms with Gasteiger partial charge < -0.3 is 14.0 Å². The van der Waals surface area contributed by atoms with E-state index in [1.165, 1.54) is 11.8 Å². The number of ether oxygens (including phenoxy) is 2. The van der Waals surface area contributed by atoms with Gasteiger partial charge in [-0.15, -0.1) is 0 Å². The Morgan fingerprint density at radius 3 is 2.32 bits per heavy atom. The van der Waals surface area contributed by atoms with E-state index < -0.39 is 0 Å². The van der Waals surface area contributed by atoms with Gasteiger partial charge in [0.05, 0.1) is 20.0 Å². The van der Waals surface area contributed by atoms with E-state index in [9.17, 15) is 0 Å². The van der Waals surface area contributed by atoms with Crippen LogP contribution in [-0.2, 0) is 5.75 Å². The molecule has 142 valence electrons. The Hall–Kier alpha value is -3.26. The number of aromatic nitrogens is 4. The molecule has 7 nitrogen and oxygen atoms in total. The van der Waals surface area contributed by atoms with Gasteiger partial charge in [0, 0.05) is 23.6 Å². The standard InChI is InChI=1S/C20H18N4O3S/c1-25-16-7-3-14(4-8-16)19-22-18(27-23-19)13-28-20-21-11-12-24(20)15-5-9-17(26-2)10-6-15/h3-12H,13H2,1-2H3. The summed E-state index contributed by atoms with van der Waals surface area (Å²) in [5, 5.41) is 4.90. The molecule has 0 atom stereocenters. The van der Waals surface area contributed by atoms with Crippen LogP contribution in [-0.4, -0.2) is 33.9 Å². The molecule has 2 aromatic carbocycles. The van der Waals surface area contributed by atoms with Crippen LogP contribution in [0.1, 0.15) is 5.89 Å². The molecule has 0 aliphatic rings. The molecule has 0 amide bonds. The van der Waals surface area contributed by atoms with E-state index in [0.717, 1.165) is 27.9 Å². The van der Waals surface area contributed by atoms with Crippen molar-refractivity contribution < 1.29 is 14.0 Å². The lowest BCUT2D eigenvalue weighted by molar-refractivity contribution is 0.391. The number of rotatable bonds is 7. The molecule has 4 rings (SSSR count). The van der Waals surface area contributed by atoms with Crippen LogP contribution in [0.3, 0.4) is 0 Å². The number of nitrogens with zero attached hydrogens (tertiary/aromatic N) is 4. The zero-order chi connectivity index (χ0) is 19.3. The van der Waals surface area contributed by atoms with Crippen LogP contribution in [0, 0.1) is 0 Å². The molecule has 0 saturated carbocycles. The number of thioether (sulfide) groups is 1. The summed E-state index contributed by atoms with van der Waals surface area (Å²) in [4.78, 5) is 8.89. The molecule has 0 radical (unpaired) electrons. The first-order valence-corrected chi connectivity index (χ1v) is 9.53. The van der Waals surface area contributed by atoms with E-state index in [1.807, 2.05) is 59.3 Å². The van der Waals surface area contributed by atoms with Crippen LogP contribution in [0.5, 0.6) is 11.5 Å². The number of methoxy groups -OCH3 is 2. The van der Waals surface area contributed by atoms with Crippen molar-refractivity contribution in [2.75, 3.05) is 14.2 Å². The molecule has 0 aliphatic carbocycles. The molecule has 0 unspecified atom stereocenters. The van der Waals surface area contributed by atoms with E-state index in [4.69, 9.17) is 14.0 Å². The van der Waals surface area contributed by atoms with Crippen LogP contribution in [0.2, 0.25) is 0 Å². The lowest BCUT2D eigenvalue weighted by atomic mass is 10.2. The first kappa shape index (κ1) is 18.1. The molecule has 2 heterocycles. The van der Waals surface area contributed by atoms with Gasteiger partial charge in [0.2, 0.25) is 11.7 Å². The quantitative estimate of drug-likeness (QED) is 0.434. The van der Waals surface area contributed by atoms with Gasteiger partial charge in [0.25, 0.3) is 0 Å². The number of benzene rings is 2. The number of imidazole rings is 1. The summed E-state index contributed by atoms with van der Waals surface area (Å²) < 4.78 is 17.8. The molecule has 0 saturated heterocycles. The van der Waals surface area contributed by atoms with E-state index in [-0.39, 0.29) is 0 Å². The Labute approximate surface area is 166 Å². The van der Waals surface area contributed by atoms with Crippen molar-refractivity contribution in [3.63, 3.8) is 0 Å². The minimum Gasteiger partial charge on any atom is -0.497 e. The largest absolute Gasteiger partial charge is 0.497 e. The third kappa shape index (κ3) is 3.86. The van der Waals surface area contributed by atoms with Gasteiger partial charge in [-0.25, -0.2) is 4.98 Å². The Morgan fingerprint density at radius 2 is 1.64 bits per heavy atom. The fourth-order valence-corrected chi connectivity index (χ4v) is 3.44. The van der Waals surface area contributed by atoms with Crippen molar-refractivity contribution in [1.29, 1.82) is 0 Å².